The van der Waals surface area contributed by atoms with Crippen molar-refractivity contribution in [1.82, 2.24) is 5.32 Å². The highest BCUT2D eigenvalue weighted by molar-refractivity contribution is 9.10. The Labute approximate surface area is 153 Å². The molecule has 4 nitrogen and oxygen atoms in total. The summed E-state index contributed by atoms with van der Waals surface area (Å²) in [6.07, 6.45) is 2.84. The standard InChI is InChI=1S/C19H17BrFNO3/c20-13-8-9-15(16(21)10-13)19(24)25-11-18(23)22-17-7-3-5-12-4-1-2-6-14(12)17/h1-2,4,6,8-10,17H,3,5,7,11H2,(H,22,23)/t17-/m0/s1. The van der Waals surface area contributed by atoms with Crippen LogP contribution in [0.5, 0.6) is 0 Å². The highest BCUT2D eigenvalue weighted by Gasteiger charge is 2.22. The Morgan fingerprint density at radius 1 is 1.24 bits per heavy atom. The van der Waals surface area contributed by atoms with Gasteiger partial charge in [0, 0.05) is 4.47 Å². The Morgan fingerprint density at radius 3 is 2.84 bits per heavy atom. The van der Waals surface area contributed by atoms with Crippen LogP contribution in [0.3, 0.4) is 0 Å². The Kier molecular flexibility index (Phi) is 5.48. The average molecular weight is 406 g/mol. The third-order valence-electron chi connectivity index (χ3n) is 4.19. The SMILES string of the molecule is O=C(COC(=O)c1ccc(Br)cc1F)N[C@H]1CCCc2ccccc21. The van der Waals surface area contributed by atoms with Crippen LogP contribution in [0.15, 0.2) is 46.9 Å². The number of hydrogen-bond acceptors (Lipinski definition) is 3. The fourth-order valence-electron chi connectivity index (χ4n) is 3.00. The van der Waals surface area contributed by atoms with E-state index in [0.717, 1.165) is 24.8 Å². The van der Waals surface area contributed by atoms with Gasteiger partial charge < -0.3 is 10.1 Å². The molecule has 1 atom stereocenters. The van der Waals surface area contributed by atoms with Crippen molar-refractivity contribution in [2.24, 2.45) is 0 Å². The van der Waals surface area contributed by atoms with Gasteiger partial charge in [-0.25, -0.2) is 9.18 Å². The van der Waals surface area contributed by atoms with E-state index in [9.17, 15) is 14.0 Å². The van der Waals surface area contributed by atoms with Crippen molar-refractivity contribution in [2.45, 2.75) is 25.3 Å². The molecular weight excluding hydrogens is 389 g/mol. The van der Waals surface area contributed by atoms with E-state index in [1.54, 1.807) is 6.07 Å². The molecule has 0 unspecified atom stereocenters. The number of benzene rings is 2. The first kappa shape index (κ1) is 17.6. The average Bonchev–Trinajstić information content (AvgIpc) is 2.60. The van der Waals surface area contributed by atoms with Gasteiger partial charge in [-0.2, -0.15) is 0 Å². The predicted molar refractivity (Wildman–Crippen MR) is 94.6 cm³/mol. The number of esters is 1. The van der Waals surface area contributed by atoms with E-state index in [-0.39, 0.29) is 11.6 Å². The van der Waals surface area contributed by atoms with Gasteiger partial charge in [-0.15, -0.1) is 0 Å². The molecule has 0 bridgehead atoms. The molecule has 2 aromatic carbocycles. The summed E-state index contributed by atoms with van der Waals surface area (Å²) in [4.78, 5) is 24.0. The molecule has 1 aliphatic rings. The maximum absolute atomic E-state index is 13.7. The van der Waals surface area contributed by atoms with Crippen molar-refractivity contribution < 1.29 is 18.7 Å². The van der Waals surface area contributed by atoms with Crippen molar-refractivity contribution in [1.29, 1.82) is 0 Å². The lowest BCUT2D eigenvalue weighted by atomic mass is 9.88. The highest BCUT2D eigenvalue weighted by Crippen LogP contribution is 2.29. The van der Waals surface area contributed by atoms with Crippen molar-refractivity contribution in [3.63, 3.8) is 0 Å². The first-order chi connectivity index (χ1) is 12.0. The Balaban J connectivity index is 1.58. The second-order valence-corrected chi connectivity index (χ2v) is 6.83. The lowest BCUT2D eigenvalue weighted by Gasteiger charge is -2.26. The van der Waals surface area contributed by atoms with Crippen LogP contribution in [-0.4, -0.2) is 18.5 Å². The number of halogens is 2. The van der Waals surface area contributed by atoms with Crippen LogP contribution < -0.4 is 5.32 Å². The van der Waals surface area contributed by atoms with Gasteiger partial charge in [0.25, 0.3) is 5.91 Å². The number of rotatable bonds is 4. The van der Waals surface area contributed by atoms with E-state index in [1.165, 1.54) is 17.7 Å². The zero-order valence-corrected chi connectivity index (χ0v) is 15.0. The van der Waals surface area contributed by atoms with E-state index in [2.05, 4.69) is 27.3 Å². The second kappa shape index (κ2) is 7.78. The summed E-state index contributed by atoms with van der Waals surface area (Å²) in [6, 6.07) is 11.9. The molecule has 0 saturated carbocycles. The van der Waals surface area contributed by atoms with E-state index in [0.29, 0.717) is 4.47 Å². The molecule has 1 amide bonds. The van der Waals surface area contributed by atoms with Crippen LogP contribution in [-0.2, 0) is 16.0 Å². The highest BCUT2D eigenvalue weighted by atomic mass is 79.9. The third kappa shape index (κ3) is 4.25. The molecule has 1 N–H and O–H groups in total. The van der Waals surface area contributed by atoms with E-state index in [4.69, 9.17) is 4.74 Å². The first-order valence-corrected chi connectivity index (χ1v) is 8.83. The summed E-state index contributed by atoms with van der Waals surface area (Å²) < 4.78 is 19.2. The fraction of sp³-hybridized carbons (Fsp3) is 0.263. The number of ether oxygens (including phenoxy) is 1. The number of carbonyl (C=O) groups is 2. The lowest BCUT2D eigenvalue weighted by molar-refractivity contribution is -0.125. The Bertz CT molecular complexity index is 809. The number of carbonyl (C=O) groups excluding carboxylic acids is 2. The minimum absolute atomic E-state index is 0.0828. The summed E-state index contributed by atoms with van der Waals surface area (Å²) in [5, 5.41) is 2.89. The van der Waals surface area contributed by atoms with Gasteiger partial charge in [0.15, 0.2) is 6.61 Å². The molecule has 0 aromatic heterocycles. The summed E-state index contributed by atoms with van der Waals surface area (Å²) in [5.74, 6) is -1.95. The largest absolute Gasteiger partial charge is 0.452 e. The van der Waals surface area contributed by atoms with Gasteiger partial charge in [0.1, 0.15) is 5.82 Å². The van der Waals surface area contributed by atoms with Gasteiger partial charge in [0.2, 0.25) is 0 Å². The quantitative estimate of drug-likeness (QED) is 0.783. The molecule has 0 heterocycles. The van der Waals surface area contributed by atoms with Crippen molar-refractivity contribution in [2.75, 3.05) is 6.61 Å². The molecule has 0 radical (unpaired) electrons. The number of amides is 1. The third-order valence-corrected chi connectivity index (χ3v) is 4.68. The maximum Gasteiger partial charge on any atom is 0.341 e. The van der Waals surface area contributed by atoms with Crippen LogP contribution in [0.2, 0.25) is 0 Å². The van der Waals surface area contributed by atoms with Gasteiger partial charge in [-0.1, -0.05) is 40.2 Å². The van der Waals surface area contributed by atoms with E-state index in [1.807, 2.05) is 18.2 Å². The van der Waals surface area contributed by atoms with Crippen LogP contribution in [0.4, 0.5) is 4.39 Å². The summed E-state index contributed by atoms with van der Waals surface area (Å²) >= 11 is 3.12. The van der Waals surface area contributed by atoms with Crippen molar-refractivity contribution in [3.8, 4) is 0 Å². The maximum atomic E-state index is 13.7. The minimum Gasteiger partial charge on any atom is -0.452 e. The second-order valence-electron chi connectivity index (χ2n) is 5.91. The summed E-state index contributed by atoms with van der Waals surface area (Å²) in [6.45, 7) is -0.437. The van der Waals surface area contributed by atoms with Gasteiger partial charge >= 0.3 is 5.97 Å². The fourth-order valence-corrected chi connectivity index (χ4v) is 3.34. The van der Waals surface area contributed by atoms with Gasteiger partial charge in [-0.3, -0.25) is 4.79 Å². The topological polar surface area (TPSA) is 55.4 Å². The molecule has 3 rings (SSSR count). The van der Waals surface area contributed by atoms with Crippen LogP contribution >= 0.6 is 15.9 Å². The van der Waals surface area contributed by atoms with Crippen LogP contribution in [0.25, 0.3) is 0 Å². The number of nitrogens with one attached hydrogen (secondary N) is 1. The predicted octanol–water partition coefficient (Wildman–Crippen LogP) is 3.94. The normalized spacial score (nSPS) is 16.0. The first-order valence-electron chi connectivity index (χ1n) is 8.04. The molecule has 2 aromatic rings. The zero-order valence-electron chi connectivity index (χ0n) is 13.4. The Hall–Kier alpha value is -2.21. The molecule has 0 aliphatic heterocycles. The zero-order chi connectivity index (χ0) is 17.8. The van der Waals surface area contributed by atoms with Crippen molar-refractivity contribution in [3.05, 3.63) is 69.4 Å². The van der Waals surface area contributed by atoms with Gasteiger partial charge in [-0.05, 0) is 48.6 Å². The number of aryl methyl sites for hydroxylation is 1. The molecule has 0 fully saturated rings. The molecule has 25 heavy (non-hydrogen) atoms. The summed E-state index contributed by atoms with van der Waals surface area (Å²) in [7, 11) is 0. The number of fused-ring (bicyclic) bond motifs is 1. The molecule has 130 valence electrons. The van der Waals surface area contributed by atoms with E-state index < -0.39 is 24.3 Å². The molecule has 6 heteroatoms. The van der Waals surface area contributed by atoms with E-state index >= 15 is 0 Å². The summed E-state index contributed by atoms with van der Waals surface area (Å²) in [5.41, 5.74) is 2.14. The van der Waals surface area contributed by atoms with Crippen molar-refractivity contribution >= 4 is 27.8 Å². The molecule has 0 saturated heterocycles. The molecular formula is C19H17BrFNO3. The van der Waals surface area contributed by atoms with Crippen LogP contribution in [0.1, 0.15) is 40.4 Å². The smallest absolute Gasteiger partial charge is 0.341 e. The lowest BCUT2D eigenvalue weighted by Crippen LogP contribution is -2.34. The number of hydrogen-bond donors (Lipinski definition) is 1. The minimum atomic E-state index is -0.857. The Morgan fingerprint density at radius 2 is 2.04 bits per heavy atom. The molecule has 0 spiro atoms. The van der Waals surface area contributed by atoms with Crippen LogP contribution in [0, 0.1) is 5.82 Å². The monoisotopic (exact) mass is 405 g/mol. The molecule has 1 aliphatic carbocycles. The van der Waals surface area contributed by atoms with Gasteiger partial charge in [0.05, 0.1) is 11.6 Å².